The molecule has 3 N–H and O–H groups in total. The van der Waals surface area contributed by atoms with Gasteiger partial charge in [-0.1, -0.05) is 25.0 Å². The first-order valence-corrected chi connectivity index (χ1v) is 15.4. The van der Waals surface area contributed by atoms with Crippen LogP contribution in [0.1, 0.15) is 37.0 Å². The standard InChI is InChI=1S/C29H38N8O3S/c38-26(34-39)8-3-1-2-4-9-35-10-12-36(13-11-35)20-21-18-25-27(41-21)29(37-14-16-40-17-15-37)32-28(31-25)22-6-5-7-24-23(22)19-30-33-24/h5-7,18-19,39H,1-4,8-17,20H2,(H,30,33)(H,34,38). The number of nitrogens with zero attached hydrogens (tertiary/aromatic N) is 6. The second-order valence-corrected chi connectivity index (χ2v) is 12.0. The van der Waals surface area contributed by atoms with Gasteiger partial charge in [-0.25, -0.2) is 15.4 Å². The van der Waals surface area contributed by atoms with Crippen LogP contribution < -0.4 is 10.4 Å². The van der Waals surface area contributed by atoms with Gasteiger partial charge in [0.2, 0.25) is 5.91 Å². The van der Waals surface area contributed by atoms with Crippen molar-refractivity contribution in [2.75, 3.05) is 63.9 Å². The van der Waals surface area contributed by atoms with E-state index in [1.165, 1.54) is 4.88 Å². The number of anilines is 1. The first-order chi connectivity index (χ1) is 20.2. The van der Waals surface area contributed by atoms with Crippen LogP contribution in [-0.2, 0) is 16.1 Å². The predicted molar refractivity (Wildman–Crippen MR) is 160 cm³/mol. The topological polar surface area (TPSA) is 123 Å². The lowest BCUT2D eigenvalue weighted by Crippen LogP contribution is -2.45. The lowest BCUT2D eigenvalue weighted by molar-refractivity contribution is -0.129. The van der Waals surface area contributed by atoms with Gasteiger partial charge in [-0.05, 0) is 31.5 Å². The van der Waals surface area contributed by atoms with Crippen LogP contribution in [0.2, 0.25) is 0 Å². The molecule has 12 heteroatoms. The van der Waals surface area contributed by atoms with Gasteiger partial charge in [0.15, 0.2) is 11.6 Å². The van der Waals surface area contributed by atoms with Crippen molar-refractivity contribution < 1.29 is 14.7 Å². The van der Waals surface area contributed by atoms with Crippen LogP contribution in [0.4, 0.5) is 5.82 Å². The Morgan fingerprint density at radius 1 is 1.02 bits per heavy atom. The Bertz CT molecular complexity index is 1460. The highest BCUT2D eigenvalue weighted by molar-refractivity contribution is 7.19. The molecule has 0 atom stereocenters. The van der Waals surface area contributed by atoms with Gasteiger partial charge in [-0.2, -0.15) is 5.10 Å². The maximum atomic E-state index is 11.1. The highest BCUT2D eigenvalue weighted by Crippen LogP contribution is 2.36. The summed E-state index contributed by atoms with van der Waals surface area (Å²) in [7, 11) is 0. The van der Waals surface area contributed by atoms with Crippen LogP contribution in [0.15, 0.2) is 30.5 Å². The number of ether oxygens (including phenoxy) is 1. The van der Waals surface area contributed by atoms with E-state index in [1.807, 2.05) is 29.7 Å². The number of H-pyrrole nitrogens is 1. The highest BCUT2D eigenvalue weighted by atomic mass is 32.1. The number of hydrogen-bond acceptors (Lipinski definition) is 10. The molecule has 218 valence electrons. The zero-order valence-corrected chi connectivity index (χ0v) is 24.2. The van der Waals surface area contributed by atoms with Gasteiger partial charge in [-0.15, -0.1) is 11.3 Å². The van der Waals surface area contributed by atoms with Crippen molar-refractivity contribution in [3.05, 3.63) is 35.3 Å². The van der Waals surface area contributed by atoms with E-state index >= 15 is 0 Å². The minimum atomic E-state index is -0.295. The maximum Gasteiger partial charge on any atom is 0.243 e. The van der Waals surface area contributed by atoms with Crippen LogP contribution in [0.3, 0.4) is 0 Å². The molecule has 0 radical (unpaired) electrons. The van der Waals surface area contributed by atoms with Crippen LogP contribution in [0.5, 0.6) is 0 Å². The van der Waals surface area contributed by atoms with Gasteiger partial charge in [0.05, 0.1) is 35.1 Å². The zero-order valence-electron chi connectivity index (χ0n) is 23.3. The molecule has 2 fully saturated rings. The predicted octanol–water partition coefficient (Wildman–Crippen LogP) is 3.64. The van der Waals surface area contributed by atoms with E-state index in [0.717, 1.165) is 116 Å². The zero-order chi connectivity index (χ0) is 28.0. The van der Waals surface area contributed by atoms with E-state index in [-0.39, 0.29) is 5.91 Å². The van der Waals surface area contributed by atoms with Crippen LogP contribution in [-0.4, -0.2) is 100 Å². The number of amides is 1. The number of carbonyl (C=O) groups is 1. The van der Waals surface area contributed by atoms with E-state index < -0.39 is 0 Å². The van der Waals surface area contributed by atoms with E-state index in [1.54, 1.807) is 5.48 Å². The molecule has 0 saturated carbocycles. The highest BCUT2D eigenvalue weighted by Gasteiger charge is 2.23. The molecule has 1 amide bonds. The van der Waals surface area contributed by atoms with Crippen molar-refractivity contribution in [3.63, 3.8) is 0 Å². The fraction of sp³-hybridized carbons (Fsp3) is 0.517. The van der Waals surface area contributed by atoms with E-state index in [2.05, 4.69) is 37.0 Å². The number of hydrogen-bond donors (Lipinski definition) is 3. The summed E-state index contributed by atoms with van der Waals surface area (Å²) in [6.07, 6.45) is 6.36. The number of unbranched alkanes of at least 4 members (excludes halogenated alkanes) is 3. The molecule has 2 saturated heterocycles. The third-order valence-electron chi connectivity index (χ3n) is 8.04. The molecule has 2 aliphatic heterocycles. The van der Waals surface area contributed by atoms with Crippen molar-refractivity contribution in [2.24, 2.45) is 0 Å². The number of benzene rings is 1. The molecule has 5 heterocycles. The fourth-order valence-electron chi connectivity index (χ4n) is 5.74. The number of carbonyl (C=O) groups excluding carboxylic acids is 1. The van der Waals surface area contributed by atoms with Crippen LogP contribution in [0.25, 0.3) is 32.5 Å². The van der Waals surface area contributed by atoms with E-state index in [9.17, 15) is 4.79 Å². The van der Waals surface area contributed by atoms with E-state index in [4.69, 9.17) is 19.9 Å². The molecule has 0 aliphatic carbocycles. The summed E-state index contributed by atoms with van der Waals surface area (Å²) in [5, 5.41) is 16.9. The molecule has 4 aromatic rings. The second-order valence-electron chi connectivity index (χ2n) is 10.9. The molecule has 0 bridgehead atoms. The summed E-state index contributed by atoms with van der Waals surface area (Å²) in [6, 6.07) is 8.38. The number of aromatic amines is 1. The lowest BCUT2D eigenvalue weighted by Gasteiger charge is -2.34. The van der Waals surface area contributed by atoms with E-state index in [0.29, 0.717) is 19.6 Å². The lowest BCUT2D eigenvalue weighted by atomic mass is 10.1. The Kier molecular flexibility index (Phi) is 9.02. The first-order valence-electron chi connectivity index (χ1n) is 14.6. The van der Waals surface area contributed by atoms with Crippen LogP contribution in [0, 0.1) is 0 Å². The fourth-order valence-corrected chi connectivity index (χ4v) is 6.89. The van der Waals surface area contributed by atoms with Gasteiger partial charge >= 0.3 is 0 Å². The van der Waals surface area contributed by atoms with Gasteiger partial charge in [0, 0.05) is 68.1 Å². The summed E-state index contributed by atoms with van der Waals surface area (Å²) < 4.78 is 6.79. The molecular weight excluding hydrogens is 540 g/mol. The number of fused-ring (bicyclic) bond motifs is 2. The smallest absolute Gasteiger partial charge is 0.243 e. The molecule has 0 spiro atoms. The van der Waals surface area contributed by atoms with Crippen molar-refractivity contribution in [1.29, 1.82) is 0 Å². The third-order valence-corrected chi connectivity index (χ3v) is 9.14. The summed E-state index contributed by atoms with van der Waals surface area (Å²) in [4.78, 5) is 30.1. The second kappa shape index (κ2) is 13.2. The number of rotatable bonds is 11. The maximum absolute atomic E-state index is 11.1. The molecule has 2 aliphatic rings. The normalized spacial score (nSPS) is 17.0. The van der Waals surface area contributed by atoms with Crippen molar-refractivity contribution in [2.45, 2.75) is 38.6 Å². The summed E-state index contributed by atoms with van der Waals surface area (Å²) in [5.74, 6) is 1.45. The summed E-state index contributed by atoms with van der Waals surface area (Å²) in [6.45, 7) is 9.38. The minimum Gasteiger partial charge on any atom is -0.378 e. The number of piperazine rings is 1. The Morgan fingerprint density at radius 2 is 1.83 bits per heavy atom. The van der Waals surface area contributed by atoms with Gasteiger partial charge < -0.3 is 14.5 Å². The first kappa shape index (κ1) is 28.0. The quantitative estimate of drug-likeness (QED) is 0.139. The molecular formula is C29H38N8O3S. The summed E-state index contributed by atoms with van der Waals surface area (Å²) in [5.41, 5.74) is 4.68. The Balaban J connectivity index is 1.11. The molecule has 3 aromatic heterocycles. The average Bonchev–Trinajstić information content (AvgIpc) is 3.66. The molecule has 41 heavy (non-hydrogen) atoms. The number of hydroxylamine groups is 1. The largest absolute Gasteiger partial charge is 0.378 e. The summed E-state index contributed by atoms with van der Waals surface area (Å²) >= 11 is 1.82. The Hall–Kier alpha value is -3.16. The van der Waals surface area contributed by atoms with Crippen molar-refractivity contribution >= 4 is 44.2 Å². The SMILES string of the molecule is O=C(CCCCCCN1CCN(Cc2cc3nc(-c4cccc5[nH]ncc45)nc(N4CCOCC4)c3s2)CC1)NO. The molecule has 6 rings (SSSR count). The molecule has 1 aromatic carbocycles. The number of aromatic nitrogens is 4. The number of nitrogens with one attached hydrogen (secondary N) is 2. The number of thiophene rings is 1. The molecule has 11 nitrogen and oxygen atoms in total. The monoisotopic (exact) mass is 578 g/mol. The number of morpholine rings is 1. The Labute approximate surface area is 243 Å². The van der Waals surface area contributed by atoms with Gasteiger partial charge in [-0.3, -0.25) is 20.0 Å². The Morgan fingerprint density at radius 3 is 2.66 bits per heavy atom. The van der Waals surface area contributed by atoms with Crippen molar-refractivity contribution in [1.82, 2.24) is 35.4 Å². The van der Waals surface area contributed by atoms with Crippen LogP contribution >= 0.6 is 11.3 Å². The third kappa shape index (κ3) is 6.68. The minimum absolute atomic E-state index is 0.295. The van der Waals surface area contributed by atoms with Gasteiger partial charge in [0.1, 0.15) is 0 Å². The average molecular weight is 579 g/mol. The molecule has 0 unspecified atom stereocenters. The van der Waals surface area contributed by atoms with Crippen molar-refractivity contribution in [3.8, 4) is 11.4 Å². The van der Waals surface area contributed by atoms with Gasteiger partial charge in [0.25, 0.3) is 0 Å².